The van der Waals surface area contributed by atoms with Gasteiger partial charge in [0.25, 0.3) is 5.82 Å². The van der Waals surface area contributed by atoms with E-state index in [1.54, 1.807) is 7.11 Å². The lowest BCUT2D eigenvalue weighted by Gasteiger charge is -2.09. The topological polar surface area (TPSA) is 286 Å². The normalized spacial score (nSPS) is 11.7. The van der Waals surface area contributed by atoms with Gasteiger partial charge in [-0.1, -0.05) is 23.2 Å². The number of nitrogens with zero attached hydrogens (tertiary/aromatic N) is 2. The number of hydrogen-bond acceptors (Lipinski definition) is 27. The van der Waals surface area contributed by atoms with Crippen molar-refractivity contribution in [2.24, 2.45) is 0 Å². The van der Waals surface area contributed by atoms with Crippen molar-refractivity contribution >= 4 is 46.1 Å². The van der Waals surface area contributed by atoms with Gasteiger partial charge in [-0.15, -0.1) is 0 Å². The molecule has 0 saturated heterocycles. The van der Waals surface area contributed by atoms with Crippen LogP contribution in [0.15, 0.2) is 12.1 Å². The minimum atomic E-state index is -0.146. The van der Waals surface area contributed by atoms with Gasteiger partial charge in [0, 0.05) is 45.6 Å². The Balaban J connectivity index is 1.15. The number of carbonyl (C=O) groups excluding carboxylic acids is 2. The Kier molecular flexibility index (Phi) is 72.4. The van der Waals surface area contributed by atoms with E-state index in [1.807, 2.05) is 19.1 Å². The highest BCUT2D eigenvalue weighted by molar-refractivity contribution is 6.42. The van der Waals surface area contributed by atoms with E-state index >= 15 is 0 Å². The highest BCUT2D eigenvalue weighted by atomic mass is 35.5. The molecule has 2 aromatic rings. The number of aryl methyl sites for hydroxylation is 2. The third kappa shape index (κ3) is 62.8. The smallest absolute Gasteiger partial charge is 0.305 e. The molecular weight excluding hydrogens is 1400 g/mol. The van der Waals surface area contributed by atoms with Crippen LogP contribution in [0, 0.1) is 6.92 Å². The van der Waals surface area contributed by atoms with Crippen LogP contribution in [0.2, 0.25) is 10.0 Å². The van der Waals surface area contributed by atoms with Gasteiger partial charge in [-0.3, -0.25) is 9.59 Å². The van der Waals surface area contributed by atoms with Crippen LogP contribution in [0.3, 0.4) is 0 Å². The summed E-state index contributed by atoms with van der Waals surface area (Å²) in [6.07, 6.45) is 6.16. The van der Waals surface area contributed by atoms with Crippen molar-refractivity contribution in [3.63, 3.8) is 0 Å². The van der Waals surface area contributed by atoms with E-state index in [4.69, 9.17) is 142 Å². The third-order valence-corrected chi connectivity index (χ3v) is 15.1. The van der Waals surface area contributed by atoms with E-state index in [-0.39, 0.29) is 11.9 Å². The molecule has 0 atom stereocenters. The fourth-order valence-electron chi connectivity index (χ4n) is 9.13. The molecule has 0 spiro atoms. The Bertz CT molecular complexity index is 2150. The van der Waals surface area contributed by atoms with E-state index in [2.05, 4.69) is 21.4 Å². The van der Waals surface area contributed by atoms with Crippen molar-refractivity contribution in [1.82, 2.24) is 9.88 Å². The van der Waals surface area contributed by atoms with E-state index in [9.17, 15) is 9.59 Å². The highest BCUT2D eigenvalue weighted by Gasteiger charge is 2.23. The molecule has 0 unspecified atom stereocenters. The standard InChI is InChI=1S/C71H129Cl2N3O27/c1-4-103-71(78)12-8-6-10-15-76-65(2)75(68-63-66(72)67(73)64-69(68)76)14-9-5-7-11-70(77)74-13-16-80-19-20-82-23-24-84-27-28-86-31-32-88-35-36-90-39-40-92-43-44-94-47-48-96-51-52-98-55-56-100-59-60-102-62-61-101-58-57-99-54-53-97-50-49-95-46-45-93-42-41-91-38-37-89-34-33-87-30-29-85-26-25-83-22-21-81-18-17-79-3/h63-64H,4-62H2,1-3H3/p+1. The summed E-state index contributed by atoms with van der Waals surface area (Å²) in [6, 6.07) is 3.86. The molecule has 1 heterocycles. The van der Waals surface area contributed by atoms with E-state index in [1.165, 1.54) is 0 Å². The number of benzene rings is 1. The number of halogens is 2. The van der Waals surface area contributed by atoms with Gasteiger partial charge < -0.3 is 124 Å². The number of unbranched alkanes of at least 4 members (excludes halogenated alkanes) is 4. The number of esters is 1. The number of nitrogens with one attached hydrogen (secondary N) is 1. The average molecular weight is 1530 g/mol. The maximum absolute atomic E-state index is 12.4. The second-order valence-corrected chi connectivity index (χ2v) is 23.3. The number of ether oxygens (including phenoxy) is 25. The lowest BCUT2D eigenvalue weighted by molar-refractivity contribution is -0.678. The van der Waals surface area contributed by atoms with Crippen molar-refractivity contribution in [2.75, 3.05) is 331 Å². The number of amides is 1. The van der Waals surface area contributed by atoms with Crippen LogP contribution in [-0.4, -0.2) is 347 Å². The zero-order chi connectivity index (χ0) is 73.7. The molecule has 0 bridgehead atoms. The molecule has 0 fully saturated rings. The maximum Gasteiger partial charge on any atom is 0.305 e. The van der Waals surface area contributed by atoms with Crippen molar-refractivity contribution in [2.45, 2.75) is 78.3 Å². The Labute approximate surface area is 623 Å². The molecule has 103 heavy (non-hydrogen) atoms. The summed E-state index contributed by atoms with van der Waals surface area (Å²) in [5, 5.41) is 3.97. The van der Waals surface area contributed by atoms with Gasteiger partial charge in [0.2, 0.25) is 5.91 Å². The average Bonchev–Trinajstić information content (AvgIpc) is 1.62. The van der Waals surface area contributed by atoms with Crippen molar-refractivity contribution in [1.29, 1.82) is 0 Å². The minimum absolute atomic E-state index is 0.0163. The van der Waals surface area contributed by atoms with Crippen LogP contribution in [0.1, 0.15) is 64.1 Å². The minimum Gasteiger partial charge on any atom is -0.466 e. The van der Waals surface area contributed by atoms with Gasteiger partial charge in [-0.2, -0.15) is 0 Å². The number of rotatable bonds is 85. The van der Waals surface area contributed by atoms with Crippen LogP contribution >= 0.6 is 23.2 Å². The molecule has 0 radical (unpaired) electrons. The van der Waals surface area contributed by atoms with Crippen LogP contribution in [0.25, 0.3) is 11.0 Å². The fourth-order valence-corrected chi connectivity index (χ4v) is 9.45. The van der Waals surface area contributed by atoms with Crippen LogP contribution in [-0.2, 0) is 141 Å². The fraction of sp³-hybridized carbons (Fsp3) is 0.873. The Hall–Kier alpha value is -2.75. The number of hydrogen-bond donors (Lipinski definition) is 1. The van der Waals surface area contributed by atoms with E-state index in [0.29, 0.717) is 347 Å². The lowest BCUT2D eigenvalue weighted by atomic mass is 10.2. The zero-order valence-electron chi connectivity index (χ0n) is 62.5. The van der Waals surface area contributed by atoms with Gasteiger partial charge >= 0.3 is 5.97 Å². The molecule has 30 nitrogen and oxygen atoms in total. The summed E-state index contributed by atoms with van der Waals surface area (Å²) in [7, 11) is 1.64. The number of fused-ring (bicyclic) bond motifs is 1. The zero-order valence-corrected chi connectivity index (χ0v) is 64.1. The summed E-state index contributed by atoms with van der Waals surface area (Å²) < 4.78 is 141. The second-order valence-electron chi connectivity index (χ2n) is 22.5. The molecule has 604 valence electrons. The molecule has 32 heteroatoms. The molecule has 0 aliphatic heterocycles. The number of imidazole rings is 1. The van der Waals surface area contributed by atoms with E-state index in [0.717, 1.165) is 68.5 Å². The number of methoxy groups -OCH3 is 1. The Morgan fingerprint density at radius 2 is 0.612 bits per heavy atom. The second kappa shape index (κ2) is 77.4. The molecule has 1 aromatic carbocycles. The highest BCUT2D eigenvalue weighted by Crippen LogP contribution is 2.28. The quantitative estimate of drug-likeness (QED) is 0.0494. The summed E-state index contributed by atoms with van der Waals surface area (Å²) in [5.74, 6) is 0.992. The first-order chi connectivity index (χ1) is 50.9. The predicted octanol–water partition coefficient (Wildman–Crippen LogP) is 5.37. The van der Waals surface area contributed by atoms with Crippen molar-refractivity contribution < 1.29 is 133 Å². The van der Waals surface area contributed by atoms with Gasteiger partial charge in [0.05, 0.1) is 340 Å². The molecule has 2 rings (SSSR count). The van der Waals surface area contributed by atoms with Crippen LogP contribution in [0.4, 0.5) is 0 Å². The Morgan fingerprint density at radius 1 is 0.350 bits per heavy atom. The van der Waals surface area contributed by atoms with Gasteiger partial charge in [-0.25, -0.2) is 9.13 Å². The van der Waals surface area contributed by atoms with Gasteiger partial charge in [0.1, 0.15) is 0 Å². The largest absolute Gasteiger partial charge is 0.466 e. The first-order valence-corrected chi connectivity index (χ1v) is 37.7. The van der Waals surface area contributed by atoms with Gasteiger partial charge in [0.15, 0.2) is 11.0 Å². The van der Waals surface area contributed by atoms with Gasteiger partial charge in [-0.05, 0) is 45.4 Å². The van der Waals surface area contributed by atoms with Crippen LogP contribution in [0.5, 0.6) is 0 Å². The SMILES string of the molecule is CCOC(=O)CCCCCn1c(C)[n+](CCCCCC(=O)NCCOCCOCCOCCOCCOCCOCCOCCOCCOCCOCCOCCOCCOCCOCCOCCOCCOCCOCCOCCOCCOCCOCCOCCOC)c2cc(Cl)c(Cl)cc21. The summed E-state index contributed by atoms with van der Waals surface area (Å²) in [5.41, 5.74) is 2.08. The third-order valence-electron chi connectivity index (χ3n) is 14.4. The predicted molar refractivity (Wildman–Crippen MR) is 384 cm³/mol. The Morgan fingerprint density at radius 3 is 0.903 bits per heavy atom. The molecule has 0 aliphatic rings. The summed E-state index contributed by atoms with van der Waals surface area (Å²) >= 11 is 12.9. The lowest BCUT2D eigenvalue weighted by Crippen LogP contribution is -2.36. The first-order valence-electron chi connectivity index (χ1n) is 37.0. The summed E-state index contributed by atoms with van der Waals surface area (Å²) in [6.45, 7) is 29.2. The molecule has 1 amide bonds. The number of carbonyl (C=O) groups is 2. The summed E-state index contributed by atoms with van der Waals surface area (Å²) in [4.78, 5) is 24.1. The van der Waals surface area contributed by atoms with E-state index < -0.39 is 0 Å². The first kappa shape index (κ1) is 96.3. The monoisotopic (exact) mass is 1530 g/mol. The van der Waals surface area contributed by atoms with Crippen molar-refractivity contribution in [3.8, 4) is 0 Å². The molecule has 0 aliphatic carbocycles. The van der Waals surface area contributed by atoms with Crippen molar-refractivity contribution in [3.05, 3.63) is 28.0 Å². The molecule has 1 aromatic heterocycles. The van der Waals surface area contributed by atoms with Crippen LogP contribution < -0.4 is 9.88 Å². The molecule has 0 saturated carbocycles. The number of aromatic nitrogens is 2. The molecular formula is C71H130Cl2N3O27+. The maximum atomic E-state index is 12.4. The molecule has 1 N–H and O–H groups in total.